The first-order chi connectivity index (χ1) is 8.79. The van der Waals surface area contributed by atoms with E-state index in [1.165, 1.54) is 13.2 Å². The van der Waals surface area contributed by atoms with Crippen LogP contribution in [0.15, 0.2) is 18.2 Å². The number of hydrogen-bond donors (Lipinski definition) is 2. The van der Waals surface area contributed by atoms with E-state index in [4.69, 9.17) is 10.5 Å². The Labute approximate surface area is 110 Å². The lowest BCUT2D eigenvalue weighted by atomic mass is 9.92. The number of hydrogen-bond acceptors (Lipinski definition) is 5. The van der Waals surface area contributed by atoms with Crippen molar-refractivity contribution in [2.75, 3.05) is 19.0 Å². The van der Waals surface area contributed by atoms with Crippen LogP contribution in [0.4, 0.5) is 11.4 Å². The highest BCUT2D eigenvalue weighted by atomic mass is 16.6. The fourth-order valence-electron chi connectivity index (χ4n) is 1.42. The predicted molar refractivity (Wildman–Crippen MR) is 71.1 cm³/mol. The van der Waals surface area contributed by atoms with Crippen LogP contribution in [0.1, 0.15) is 13.8 Å². The quantitative estimate of drug-likeness (QED) is 0.600. The fourth-order valence-corrected chi connectivity index (χ4v) is 1.42. The van der Waals surface area contributed by atoms with Gasteiger partial charge in [0.2, 0.25) is 5.91 Å². The molecule has 0 unspecified atom stereocenters. The molecular weight excluding hydrogens is 250 g/mol. The molecule has 0 heterocycles. The number of para-hydroxylation sites is 1. The van der Waals surface area contributed by atoms with E-state index in [1.54, 1.807) is 26.0 Å². The second kappa shape index (κ2) is 5.55. The molecule has 0 radical (unpaired) electrons. The van der Waals surface area contributed by atoms with Gasteiger partial charge in [-0.15, -0.1) is 0 Å². The monoisotopic (exact) mass is 267 g/mol. The minimum Gasteiger partial charge on any atom is -0.490 e. The van der Waals surface area contributed by atoms with Crippen molar-refractivity contribution in [1.29, 1.82) is 0 Å². The maximum absolute atomic E-state index is 11.2. The molecule has 0 spiro atoms. The van der Waals surface area contributed by atoms with Gasteiger partial charge in [0.15, 0.2) is 5.75 Å². The molecule has 0 atom stereocenters. The molecule has 7 heteroatoms. The molecule has 0 aliphatic carbocycles. The van der Waals surface area contributed by atoms with E-state index >= 15 is 0 Å². The zero-order valence-electron chi connectivity index (χ0n) is 11.1. The number of nitro groups is 1. The van der Waals surface area contributed by atoms with Crippen LogP contribution in [-0.4, -0.2) is 24.5 Å². The Kier molecular flexibility index (Phi) is 4.31. The average molecular weight is 267 g/mol. The summed E-state index contributed by atoms with van der Waals surface area (Å²) in [6, 6.07) is 4.69. The van der Waals surface area contributed by atoms with Crippen LogP contribution < -0.4 is 15.8 Å². The van der Waals surface area contributed by atoms with Gasteiger partial charge in [-0.25, -0.2) is 0 Å². The van der Waals surface area contributed by atoms with Gasteiger partial charge < -0.3 is 15.8 Å². The number of carbonyl (C=O) groups excluding carboxylic acids is 1. The second-order valence-corrected chi connectivity index (χ2v) is 4.72. The molecule has 7 nitrogen and oxygen atoms in total. The molecule has 0 aliphatic heterocycles. The summed E-state index contributed by atoms with van der Waals surface area (Å²) in [4.78, 5) is 21.7. The molecule has 0 saturated carbocycles. The summed E-state index contributed by atoms with van der Waals surface area (Å²) < 4.78 is 4.95. The van der Waals surface area contributed by atoms with Crippen molar-refractivity contribution in [3.8, 4) is 5.75 Å². The summed E-state index contributed by atoms with van der Waals surface area (Å²) in [5.74, 6) is -0.322. The van der Waals surface area contributed by atoms with Crippen molar-refractivity contribution in [2.45, 2.75) is 13.8 Å². The Balaban J connectivity index is 3.02. The van der Waals surface area contributed by atoms with Crippen LogP contribution in [0.25, 0.3) is 0 Å². The molecular formula is C12H17N3O4. The normalized spacial score (nSPS) is 10.9. The van der Waals surface area contributed by atoms with Gasteiger partial charge in [0.05, 0.1) is 17.4 Å². The number of primary amides is 1. The van der Waals surface area contributed by atoms with Gasteiger partial charge in [0, 0.05) is 6.54 Å². The van der Waals surface area contributed by atoms with Gasteiger partial charge in [-0.2, -0.15) is 0 Å². The first-order valence-electron chi connectivity index (χ1n) is 5.65. The van der Waals surface area contributed by atoms with E-state index in [0.29, 0.717) is 5.69 Å². The van der Waals surface area contributed by atoms with Crippen molar-refractivity contribution < 1.29 is 14.5 Å². The summed E-state index contributed by atoms with van der Waals surface area (Å²) in [6.45, 7) is 3.51. The lowest BCUT2D eigenvalue weighted by Gasteiger charge is -2.21. The first-order valence-corrected chi connectivity index (χ1v) is 5.65. The fraction of sp³-hybridized carbons (Fsp3) is 0.417. The highest BCUT2D eigenvalue weighted by Crippen LogP contribution is 2.34. The maximum atomic E-state index is 11.2. The molecule has 0 aliphatic rings. The number of nitrogens with two attached hydrogens (primary N) is 1. The van der Waals surface area contributed by atoms with E-state index < -0.39 is 16.2 Å². The SMILES string of the molecule is COc1cccc(NCC(C)(C)C(N)=O)c1[N+](=O)[O-]. The standard InChI is InChI=1S/C12H17N3O4/c1-12(2,11(13)16)7-14-8-5-4-6-9(19-3)10(8)15(17)18/h4-6,14H,7H2,1-3H3,(H2,13,16). The predicted octanol–water partition coefficient (Wildman–Crippen LogP) is 1.53. The van der Waals surface area contributed by atoms with E-state index in [1.807, 2.05) is 0 Å². The number of nitrogens with zero attached hydrogens (tertiary/aromatic N) is 1. The van der Waals surface area contributed by atoms with Crippen LogP contribution in [0, 0.1) is 15.5 Å². The molecule has 0 fully saturated rings. The van der Waals surface area contributed by atoms with E-state index in [0.717, 1.165) is 0 Å². The number of methoxy groups -OCH3 is 1. The number of nitrogens with one attached hydrogen (secondary N) is 1. The topological polar surface area (TPSA) is 107 Å². The molecule has 19 heavy (non-hydrogen) atoms. The third-order valence-corrected chi connectivity index (χ3v) is 2.79. The van der Waals surface area contributed by atoms with Gasteiger partial charge in [-0.1, -0.05) is 6.07 Å². The van der Waals surface area contributed by atoms with Crippen molar-refractivity contribution in [2.24, 2.45) is 11.1 Å². The van der Waals surface area contributed by atoms with E-state index in [-0.39, 0.29) is 18.0 Å². The Bertz CT molecular complexity index is 500. The van der Waals surface area contributed by atoms with Crippen molar-refractivity contribution in [3.05, 3.63) is 28.3 Å². The second-order valence-electron chi connectivity index (χ2n) is 4.72. The molecule has 1 amide bonds. The minimum absolute atomic E-state index is 0.159. The third kappa shape index (κ3) is 3.34. The van der Waals surface area contributed by atoms with Crippen LogP contribution >= 0.6 is 0 Å². The molecule has 0 bridgehead atoms. The van der Waals surface area contributed by atoms with Crippen molar-refractivity contribution >= 4 is 17.3 Å². The molecule has 1 rings (SSSR count). The number of carbonyl (C=O) groups is 1. The summed E-state index contributed by atoms with van der Waals surface area (Å²) in [7, 11) is 1.36. The van der Waals surface area contributed by atoms with Crippen LogP contribution in [0.3, 0.4) is 0 Å². The van der Waals surface area contributed by atoms with Gasteiger partial charge in [0.1, 0.15) is 5.69 Å². The number of nitro benzene ring substituents is 1. The maximum Gasteiger partial charge on any atom is 0.333 e. The van der Waals surface area contributed by atoms with Gasteiger partial charge in [-0.3, -0.25) is 14.9 Å². The zero-order chi connectivity index (χ0) is 14.6. The van der Waals surface area contributed by atoms with Crippen LogP contribution in [0.2, 0.25) is 0 Å². The molecule has 104 valence electrons. The lowest BCUT2D eigenvalue weighted by Crippen LogP contribution is -2.37. The Morgan fingerprint density at radius 2 is 2.16 bits per heavy atom. The number of amides is 1. The molecule has 0 saturated heterocycles. The largest absolute Gasteiger partial charge is 0.490 e. The van der Waals surface area contributed by atoms with Crippen LogP contribution in [0.5, 0.6) is 5.75 Å². The molecule has 1 aromatic rings. The highest BCUT2D eigenvalue weighted by Gasteiger charge is 2.27. The Morgan fingerprint density at radius 3 is 2.63 bits per heavy atom. The number of anilines is 1. The van der Waals surface area contributed by atoms with Crippen molar-refractivity contribution in [3.63, 3.8) is 0 Å². The molecule has 3 N–H and O–H groups in total. The minimum atomic E-state index is -0.809. The summed E-state index contributed by atoms with van der Waals surface area (Å²) >= 11 is 0. The average Bonchev–Trinajstić information content (AvgIpc) is 2.35. The Hall–Kier alpha value is -2.31. The van der Waals surface area contributed by atoms with E-state index in [2.05, 4.69) is 5.32 Å². The summed E-state index contributed by atoms with van der Waals surface area (Å²) in [6.07, 6.45) is 0. The molecule has 1 aromatic carbocycles. The zero-order valence-corrected chi connectivity index (χ0v) is 11.1. The summed E-state index contributed by atoms with van der Waals surface area (Å²) in [5.41, 5.74) is 4.57. The lowest BCUT2D eigenvalue weighted by molar-refractivity contribution is -0.384. The number of benzene rings is 1. The van der Waals surface area contributed by atoms with Crippen LogP contribution in [-0.2, 0) is 4.79 Å². The van der Waals surface area contributed by atoms with Crippen molar-refractivity contribution in [1.82, 2.24) is 0 Å². The summed E-state index contributed by atoms with van der Waals surface area (Å²) in [5, 5.41) is 13.9. The molecule has 0 aromatic heterocycles. The van der Waals surface area contributed by atoms with Gasteiger partial charge in [-0.05, 0) is 26.0 Å². The number of ether oxygens (including phenoxy) is 1. The highest BCUT2D eigenvalue weighted by molar-refractivity contribution is 5.81. The van der Waals surface area contributed by atoms with Gasteiger partial charge in [0.25, 0.3) is 0 Å². The third-order valence-electron chi connectivity index (χ3n) is 2.79. The smallest absolute Gasteiger partial charge is 0.333 e. The van der Waals surface area contributed by atoms with E-state index in [9.17, 15) is 14.9 Å². The van der Waals surface area contributed by atoms with Gasteiger partial charge >= 0.3 is 5.69 Å². The first kappa shape index (κ1) is 14.7. The number of rotatable bonds is 6. The Morgan fingerprint density at radius 1 is 1.53 bits per heavy atom.